The van der Waals surface area contributed by atoms with E-state index >= 15 is 0 Å². The predicted octanol–water partition coefficient (Wildman–Crippen LogP) is 1.88. The molecule has 1 N–H and O–H groups in total. The Hall–Kier alpha value is 0.0700. The summed E-state index contributed by atoms with van der Waals surface area (Å²) in [6.07, 6.45) is 0. The predicted molar refractivity (Wildman–Crippen MR) is 45.4 cm³/mol. The third-order valence-electron chi connectivity index (χ3n) is 0.907. The summed E-state index contributed by atoms with van der Waals surface area (Å²) >= 11 is 2.05. The zero-order valence-corrected chi connectivity index (χ0v) is 7.14. The Morgan fingerprint density at radius 2 is 2.38 bits per heavy atom. The van der Waals surface area contributed by atoms with Gasteiger partial charge in [-0.05, 0) is 36.4 Å². The van der Waals surface area contributed by atoms with Crippen LogP contribution in [0.4, 0.5) is 0 Å². The Morgan fingerprint density at radius 3 is 2.50 bits per heavy atom. The molecule has 0 amide bonds. The average molecular weight is 224 g/mol. The van der Waals surface area contributed by atoms with Crippen molar-refractivity contribution in [3.05, 3.63) is 0 Å². The van der Waals surface area contributed by atoms with Crippen LogP contribution in [0.5, 0.6) is 0 Å². The maximum atomic E-state index is 7.09. The second kappa shape index (κ2) is 4.00. The molecule has 0 saturated heterocycles. The molecule has 0 heterocycles. The first-order valence-electron chi connectivity index (χ1n) is 2.35. The number of halogens is 1. The fraction of sp³-hybridized carbons (Fsp3) is 0.600. The van der Waals surface area contributed by atoms with E-state index in [2.05, 4.69) is 4.99 Å². The van der Waals surface area contributed by atoms with Crippen molar-refractivity contribution in [2.24, 2.45) is 4.99 Å². The van der Waals surface area contributed by atoms with E-state index in [4.69, 9.17) is 5.41 Å². The fourth-order valence-corrected chi connectivity index (χ4v) is 0.679. The molecule has 3 heteroatoms. The lowest BCUT2D eigenvalue weighted by Gasteiger charge is -1.98. The van der Waals surface area contributed by atoms with Gasteiger partial charge in [-0.3, -0.25) is 4.99 Å². The summed E-state index contributed by atoms with van der Waals surface area (Å²) in [5.74, 6) is 0. The molecule has 0 spiro atoms. The van der Waals surface area contributed by atoms with Gasteiger partial charge in [-0.1, -0.05) is 0 Å². The van der Waals surface area contributed by atoms with E-state index in [9.17, 15) is 0 Å². The molecule has 1 atom stereocenters. The van der Waals surface area contributed by atoms with Gasteiger partial charge in [0.2, 0.25) is 0 Å². The van der Waals surface area contributed by atoms with Gasteiger partial charge in [0.05, 0.1) is 10.3 Å². The standard InChI is InChI=1S/C5H9IN2/c1-4(7)5(2)8-3-6/h3,5,7H,1-2H3. The summed E-state index contributed by atoms with van der Waals surface area (Å²) in [6, 6.07) is 0.0619. The number of nitrogens with zero attached hydrogens (tertiary/aromatic N) is 1. The summed E-state index contributed by atoms with van der Waals surface area (Å²) in [7, 11) is 0. The number of rotatable bonds is 2. The summed E-state index contributed by atoms with van der Waals surface area (Å²) < 4.78 is 1.69. The number of aliphatic imine (C=N–C) groups is 1. The van der Waals surface area contributed by atoms with Crippen LogP contribution in [-0.2, 0) is 0 Å². The van der Waals surface area contributed by atoms with Crippen molar-refractivity contribution >= 4 is 32.5 Å². The van der Waals surface area contributed by atoms with Crippen LogP contribution < -0.4 is 0 Å². The summed E-state index contributed by atoms with van der Waals surface area (Å²) in [6.45, 7) is 3.66. The van der Waals surface area contributed by atoms with Crippen LogP contribution in [0.15, 0.2) is 4.99 Å². The zero-order valence-electron chi connectivity index (χ0n) is 4.98. The van der Waals surface area contributed by atoms with Crippen LogP contribution in [-0.4, -0.2) is 16.0 Å². The second-order valence-electron chi connectivity index (χ2n) is 1.61. The van der Waals surface area contributed by atoms with Gasteiger partial charge in [0, 0.05) is 5.71 Å². The van der Waals surface area contributed by atoms with Crippen LogP contribution in [0.25, 0.3) is 0 Å². The lowest BCUT2D eigenvalue weighted by Crippen LogP contribution is -2.07. The van der Waals surface area contributed by atoms with E-state index in [1.807, 2.05) is 29.5 Å². The Morgan fingerprint density at radius 1 is 1.88 bits per heavy atom. The highest BCUT2D eigenvalue weighted by molar-refractivity contribution is 14.1. The van der Waals surface area contributed by atoms with Crippen molar-refractivity contribution < 1.29 is 0 Å². The van der Waals surface area contributed by atoms with Gasteiger partial charge < -0.3 is 5.41 Å². The quantitative estimate of drug-likeness (QED) is 0.549. The van der Waals surface area contributed by atoms with E-state index in [-0.39, 0.29) is 6.04 Å². The van der Waals surface area contributed by atoms with Crippen LogP contribution in [0, 0.1) is 5.41 Å². The lowest BCUT2D eigenvalue weighted by molar-refractivity contribution is 0.968. The molecule has 0 aromatic heterocycles. The Kier molecular flexibility index (Phi) is 4.03. The number of nitrogens with one attached hydrogen (secondary N) is 1. The molecule has 0 aromatic carbocycles. The SMILES string of the molecule is CC(=N)C(C)N=CI. The monoisotopic (exact) mass is 224 g/mol. The van der Waals surface area contributed by atoms with Crippen molar-refractivity contribution in [3.63, 3.8) is 0 Å². The number of hydrogen-bond acceptors (Lipinski definition) is 2. The van der Waals surface area contributed by atoms with Gasteiger partial charge in [-0.15, -0.1) is 0 Å². The van der Waals surface area contributed by atoms with Crippen molar-refractivity contribution in [3.8, 4) is 0 Å². The molecule has 0 fully saturated rings. The Bertz CT molecular complexity index is 109. The molecular formula is C5H9IN2. The van der Waals surface area contributed by atoms with Crippen LogP contribution >= 0.6 is 22.6 Å². The van der Waals surface area contributed by atoms with Crippen LogP contribution in [0.1, 0.15) is 13.8 Å². The summed E-state index contributed by atoms with van der Waals surface area (Å²) in [5, 5.41) is 7.09. The highest BCUT2D eigenvalue weighted by Crippen LogP contribution is 1.90. The number of hydrogen-bond donors (Lipinski definition) is 1. The van der Waals surface area contributed by atoms with Crippen LogP contribution in [0.2, 0.25) is 0 Å². The van der Waals surface area contributed by atoms with Gasteiger partial charge >= 0.3 is 0 Å². The fourth-order valence-electron chi connectivity index (χ4n) is 0.196. The molecule has 0 aliphatic carbocycles. The average Bonchev–Trinajstić information content (AvgIpc) is 1.67. The zero-order chi connectivity index (χ0) is 6.57. The van der Waals surface area contributed by atoms with Crippen molar-refractivity contribution in [2.45, 2.75) is 19.9 Å². The van der Waals surface area contributed by atoms with Gasteiger partial charge in [0.25, 0.3) is 0 Å². The maximum absolute atomic E-state index is 7.09. The molecule has 0 rings (SSSR count). The third-order valence-corrected chi connectivity index (χ3v) is 1.23. The molecule has 8 heavy (non-hydrogen) atoms. The van der Waals surface area contributed by atoms with E-state index in [0.717, 1.165) is 0 Å². The van der Waals surface area contributed by atoms with Gasteiger partial charge in [0.1, 0.15) is 0 Å². The normalized spacial score (nSPS) is 14.4. The largest absolute Gasteiger partial charge is 0.308 e. The molecule has 46 valence electrons. The molecule has 0 saturated carbocycles. The van der Waals surface area contributed by atoms with Gasteiger partial charge in [-0.2, -0.15) is 0 Å². The van der Waals surface area contributed by atoms with Crippen LogP contribution in [0.3, 0.4) is 0 Å². The van der Waals surface area contributed by atoms with E-state index < -0.39 is 0 Å². The molecule has 0 aromatic rings. The summed E-state index contributed by atoms with van der Waals surface area (Å²) in [4.78, 5) is 3.96. The van der Waals surface area contributed by atoms with Gasteiger partial charge in [-0.25, -0.2) is 0 Å². The summed E-state index contributed by atoms with van der Waals surface area (Å²) in [5.41, 5.74) is 0.609. The highest BCUT2D eigenvalue weighted by Gasteiger charge is 1.96. The van der Waals surface area contributed by atoms with Gasteiger partial charge in [0.15, 0.2) is 0 Å². The molecule has 1 unspecified atom stereocenters. The molecule has 0 aliphatic heterocycles. The minimum absolute atomic E-state index is 0.0619. The van der Waals surface area contributed by atoms with Crippen molar-refractivity contribution in [1.29, 1.82) is 5.41 Å². The smallest absolute Gasteiger partial charge is 0.0847 e. The molecule has 0 radical (unpaired) electrons. The minimum Gasteiger partial charge on any atom is -0.308 e. The first-order valence-corrected chi connectivity index (χ1v) is 3.60. The molecule has 2 nitrogen and oxygen atoms in total. The third kappa shape index (κ3) is 3.12. The maximum Gasteiger partial charge on any atom is 0.0847 e. The van der Waals surface area contributed by atoms with E-state index in [1.54, 1.807) is 11.1 Å². The Labute approximate surface area is 63.0 Å². The topological polar surface area (TPSA) is 36.2 Å². The molecular weight excluding hydrogens is 215 g/mol. The second-order valence-corrected chi connectivity index (χ2v) is 2.16. The van der Waals surface area contributed by atoms with E-state index in [0.29, 0.717) is 5.71 Å². The van der Waals surface area contributed by atoms with Crippen molar-refractivity contribution in [1.82, 2.24) is 0 Å². The molecule has 0 bridgehead atoms. The lowest BCUT2D eigenvalue weighted by atomic mass is 10.2. The first-order chi connectivity index (χ1) is 3.68. The first kappa shape index (κ1) is 8.07. The minimum atomic E-state index is 0.0619. The Balaban J connectivity index is 3.64. The van der Waals surface area contributed by atoms with Crippen molar-refractivity contribution in [2.75, 3.05) is 0 Å². The van der Waals surface area contributed by atoms with E-state index in [1.165, 1.54) is 0 Å². The molecule has 0 aliphatic rings. The highest BCUT2D eigenvalue weighted by atomic mass is 127.